The Morgan fingerprint density at radius 1 is 1.30 bits per heavy atom. The molecule has 3 rings (SSSR count). The molecule has 0 radical (unpaired) electrons. The third-order valence-corrected chi connectivity index (χ3v) is 4.51. The van der Waals surface area contributed by atoms with Gasteiger partial charge in [0.2, 0.25) is 0 Å². The van der Waals surface area contributed by atoms with E-state index in [9.17, 15) is 14.9 Å². The van der Waals surface area contributed by atoms with Crippen molar-refractivity contribution in [2.45, 2.75) is 19.1 Å². The van der Waals surface area contributed by atoms with E-state index < -0.39 is 4.92 Å². The summed E-state index contributed by atoms with van der Waals surface area (Å²) in [6.07, 6.45) is -0.287. The van der Waals surface area contributed by atoms with Crippen LogP contribution in [0.25, 0.3) is 0 Å². The maximum Gasteiger partial charge on any atom is 0.317 e. The molecule has 0 aromatic heterocycles. The molecule has 0 aliphatic carbocycles. The van der Waals surface area contributed by atoms with Gasteiger partial charge in [-0.1, -0.05) is 24.3 Å². The molecule has 0 saturated heterocycles. The van der Waals surface area contributed by atoms with Gasteiger partial charge in [-0.15, -0.1) is 0 Å². The average molecular weight is 371 g/mol. The van der Waals surface area contributed by atoms with E-state index in [2.05, 4.69) is 5.32 Å². The summed E-state index contributed by atoms with van der Waals surface area (Å²) >= 11 is 0. The van der Waals surface area contributed by atoms with Gasteiger partial charge in [-0.25, -0.2) is 4.79 Å². The Morgan fingerprint density at radius 3 is 2.78 bits per heavy atom. The molecule has 1 heterocycles. The van der Waals surface area contributed by atoms with Crippen LogP contribution in [0.5, 0.6) is 11.5 Å². The number of carbonyl (C=O) groups is 1. The Morgan fingerprint density at radius 2 is 2.04 bits per heavy atom. The first-order valence-corrected chi connectivity index (χ1v) is 8.59. The Bertz CT molecular complexity index is 842. The van der Waals surface area contributed by atoms with E-state index in [0.717, 1.165) is 0 Å². The number of hydrogen-bond donors (Lipinski definition) is 1. The van der Waals surface area contributed by atoms with Crippen LogP contribution in [0.4, 0.5) is 10.5 Å². The van der Waals surface area contributed by atoms with Crippen LogP contribution < -0.4 is 14.8 Å². The number of nitrogens with one attached hydrogen (secondary N) is 1. The van der Waals surface area contributed by atoms with Crippen molar-refractivity contribution >= 4 is 11.7 Å². The van der Waals surface area contributed by atoms with Crippen LogP contribution in [-0.2, 0) is 0 Å². The number of fused-ring (bicyclic) bond motifs is 1. The van der Waals surface area contributed by atoms with Gasteiger partial charge in [0.05, 0.1) is 17.5 Å². The molecule has 2 amide bonds. The molecule has 2 aromatic rings. The van der Waals surface area contributed by atoms with Gasteiger partial charge in [0.15, 0.2) is 17.6 Å². The highest BCUT2D eigenvalue weighted by atomic mass is 16.6. The van der Waals surface area contributed by atoms with Crippen LogP contribution in [0.15, 0.2) is 48.5 Å². The van der Waals surface area contributed by atoms with Gasteiger partial charge in [0.1, 0.15) is 6.61 Å². The van der Waals surface area contributed by atoms with E-state index in [1.807, 2.05) is 31.2 Å². The lowest BCUT2D eigenvalue weighted by Crippen LogP contribution is -2.45. The van der Waals surface area contributed by atoms with Crippen molar-refractivity contribution in [3.05, 3.63) is 64.2 Å². The van der Waals surface area contributed by atoms with E-state index in [0.29, 0.717) is 30.2 Å². The fraction of sp³-hybridized carbons (Fsp3) is 0.316. The highest BCUT2D eigenvalue weighted by molar-refractivity contribution is 5.74. The SMILES string of the molecule is C[C@H](c1cccc([N+](=O)[O-])c1)N(C)C(=O)NC[C@H]1COc2ccccc2O1. The molecule has 1 aliphatic heterocycles. The van der Waals surface area contributed by atoms with Gasteiger partial charge >= 0.3 is 6.03 Å². The summed E-state index contributed by atoms with van der Waals surface area (Å²) in [5.74, 6) is 1.35. The normalized spacial score (nSPS) is 16.3. The molecule has 1 aliphatic rings. The first-order valence-electron chi connectivity index (χ1n) is 8.59. The predicted octanol–water partition coefficient (Wildman–Crippen LogP) is 3.14. The number of urea groups is 1. The quantitative estimate of drug-likeness (QED) is 0.644. The number of hydrogen-bond acceptors (Lipinski definition) is 5. The van der Waals surface area contributed by atoms with E-state index in [-0.39, 0.29) is 23.9 Å². The molecular weight excluding hydrogens is 350 g/mol. The van der Waals surface area contributed by atoms with Gasteiger partial charge in [0, 0.05) is 19.2 Å². The molecule has 0 bridgehead atoms. The van der Waals surface area contributed by atoms with Crippen LogP contribution in [0.3, 0.4) is 0 Å². The number of non-ortho nitro benzene ring substituents is 1. The summed E-state index contributed by atoms with van der Waals surface area (Å²) in [4.78, 5) is 24.4. The highest BCUT2D eigenvalue weighted by Crippen LogP contribution is 2.30. The highest BCUT2D eigenvalue weighted by Gasteiger charge is 2.23. The molecule has 0 fully saturated rings. The lowest BCUT2D eigenvalue weighted by atomic mass is 10.1. The van der Waals surface area contributed by atoms with Crippen molar-refractivity contribution in [1.82, 2.24) is 10.2 Å². The van der Waals surface area contributed by atoms with Crippen molar-refractivity contribution in [2.24, 2.45) is 0 Å². The van der Waals surface area contributed by atoms with Gasteiger partial charge < -0.3 is 19.7 Å². The summed E-state index contributed by atoms with van der Waals surface area (Å²) < 4.78 is 11.4. The van der Waals surface area contributed by atoms with Crippen LogP contribution in [-0.4, -0.2) is 42.2 Å². The summed E-state index contributed by atoms with van der Waals surface area (Å²) in [7, 11) is 1.65. The predicted molar refractivity (Wildman–Crippen MR) is 99.0 cm³/mol. The van der Waals surface area contributed by atoms with E-state index in [1.165, 1.54) is 17.0 Å². The zero-order valence-corrected chi connectivity index (χ0v) is 15.1. The van der Waals surface area contributed by atoms with Crippen molar-refractivity contribution in [2.75, 3.05) is 20.2 Å². The summed E-state index contributed by atoms with van der Waals surface area (Å²) in [6.45, 7) is 2.45. The van der Waals surface area contributed by atoms with Crippen molar-refractivity contribution in [3.8, 4) is 11.5 Å². The van der Waals surface area contributed by atoms with Gasteiger partial charge in [-0.3, -0.25) is 10.1 Å². The van der Waals surface area contributed by atoms with Crippen LogP contribution in [0, 0.1) is 10.1 Å². The smallest absolute Gasteiger partial charge is 0.317 e. The number of benzene rings is 2. The number of nitro benzene ring substituents is 1. The number of nitrogens with zero attached hydrogens (tertiary/aromatic N) is 2. The molecule has 8 heteroatoms. The average Bonchev–Trinajstić information content (AvgIpc) is 2.70. The lowest BCUT2D eigenvalue weighted by Gasteiger charge is -2.29. The summed E-state index contributed by atoms with van der Waals surface area (Å²) in [5, 5.41) is 13.8. The fourth-order valence-corrected chi connectivity index (χ4v) is 2.79. The largest absolute Gasteiger partial charge is 0.486 e. The van der Waals surface area contributed by atoms with Crippen LogP contribution in [0.2, 0.25) is 0 Å². The van der Waals surface area contributed by atoms with Crippen molar-refractivity contribution < 1.29 is 19.2 Å². The third kappa shape index (κ3) is 4.28. The minimum Gasteiger partial charge on any atom is -0.486 e. The molecule has 2 aromatic carbocycles. The first-order chi connectivity index (χ1) is 13.0. The van der Waals surface area contributed by atoms with E-state index >= 15 is 0 Å². The van der Waals surface area contributed by atoms with Crippen molar-refractivity contribution in [1.29, 1.82) is 0 Å². The minimum atomic E-state index is -0.450. The number of rotatable bonds is 5. The van der Waals surface area contributed by atoms with Crippen molar-refractivity contribution in [3.63, 3.8) is 0 Å². The fourth-order valence-electron chi connectivity index (χ4n) is 2.79. The molecule has 0 spiro atoms. The maximum atomic E-state index is 12.4. The van der Waals surface area contributed by atoms with Gasteiger partial charge in [-0.2, -0.15) is 0 Å². The Hall–Kier alpha value is -3.29. The topological polar surface area (TPSA) is 93.9 Å². The second-order valence-corrected chi connectivity index (χ2v) is 6.32. The minimum absolute atomic E-state index is 0.000391. The molecule has 0 saturated carbocycles. The number of nitro groups is 1. The maximum absolute atomic E-state index is 12.4. The second-order valence-electron chi connectivity index (χ2n) is 6.32. The number of para-hydroxylation sites is 2. The molecule has 2 atom stereocenters. The first kappa shape index (κ1) is 18.5. The van der Waals surface area contributed by atoms with Gasteiger partial charge in [0.25, 0.3) is 5.69 Å². The monoisotopic (exact) mass is 371 g/mol. The molecular formula is C19H21N3O5. The molecule has 0 unspecified atom stereocenters. The zero-order valence-electron chi connectivity index (χ0n) is 15.1. The lowest BCUT2D eigenvalue weighted by molar-refractivity contribution is -0.384. The van der Waals surface area contributed by atoms with Gasteiger partial charge in [-0.05, 0) is 24.6 Å². The standard InChI is InChI=1S/C19H21N3O5/c1-13(14-6-5-7-15(10-14)22(24)25)21(2)19(23)20-11-16-12-26-17-8-3-4-9-18(17)27-16/h3-10,13,16H,11-12H2,1-2H3,(H,20,23)/t13-,16+/m1/s1. The van der Waals surface area contributed by atoms with E-state index in [4.69, 9.17) is 9.47 Å². The number of amides is 2. The molecule has 1 N–H and O–H groups in total. The summed E-state index contributed by atoms with van der Waals surface area (Å²) in [6, 6.07) is 13.0. The third-order valence-electron chi connectivity index (χ3n) is 4.51. The Labute approximate surface area is 156 Å². The van der Waals surface area contributed by atoms with Crippen LogP contribution in [0.1, 0.15) is 18.5 Å². The Balaban J connectivity index is 1.56. The molecule has 142 valence electrons. The summed E-state index contributed by atoms with van der Waals surface area (Å²) in [5.41, 5.74) is 0.688. The zero-order chi connectivity index (χ0) is 19.4. The second kappa shape index (κ2) is 7.94. The van der Waals surface area contributed by atoms with Crippen LogP contribution >= 0.6 is 0 Å². The molecule has 8 nitrogen and oxygen atoms in total. The number of ether oxygens (including phenoxy) is 2. The van der Waals surface area contributed by atoms with E-state index in [1.54, 1.807) is 19.2 Å². The number of carbonyl (C=O) groups excluding carboxylic acids is 1. The Kier molecular flexibility index (Phi) is 5.44. The molecule has 27 heavy (non-hydrogen) atoms.